The van der Waals surface area contributed by atoms with Crippen molar-refractivity contribution in [2.24, 2.45) is 0 Å². The molecular weight excluding hydrogens is 398 g/mol. The summed E-state index contributed by atoms with van der Waals surface area (Å²) < 4.78 is 10.2. The number of pyridine rings is 1. The number of aromatic nitrogens is 1. The lowest BCUT2D eigenvalue weighted by Gasteiger charge is -2.21. The van der Waals surface area contributed by atoms with Crippen molar-refractivity contribution < 1.29 is 29.3 Å². The molecular formula is C24H33NO6. The van der Waals surface area contributed by atoms with E-state index >= 15 is 0 Å². The molecule has 0 saturated carbocycles. The van der Waals surface area contributed by atoms with Crippen LogP contribution in [0.2, 0.25) is 0 Å². The summed E-state index contributed by atoms with van der Waals surface area (Å²) in [7, 11) is 1.25. The number of methoxy groups -OCH3 is 1. The van der Waals surface area contributed by atoms with Crippen LogP contribution in [-0.2, 0) is 16.1 Å². The average Bonchev–Trinajstić information content (AvgIpc) is 3.24. The van der Waals surface area contributed by atoms with Gasteiger partial charge in [0, 0.05) is 28.8 Å². The summed E-state index contributed by atoms with van der Waals surface area (Å²) in [6.45, 7) is 7.92. The minimum atomic E-state index is -1.02. The molecule has 0 fully saturated rings. The summed E-state index contributed by atoms with van der Waals surface area (Å²) in [5.74, 6) is 0.258. The Morgan fingerprint density at radius 1 is 1.19 bits per heavy atom. The molecule has 7 nitrogen and oxygen atoms in total. The van der Waals surface area contributed by atoms with Crippen molar-refractivity contribution in [3.63, 3.8) is 0 Å². The third-order valence-electron chi connectivity index (χ3n) is 5.05. The number of esters is 1. The van der Waals surface area contributed by atoms with Crippen molar-refractivity contribution in [1.82, 2.24) is 4.98 Å². The predicted molar refractivity (Wildman–Crippen MR) is 118 cm³/mol. The molecule has 0 aliphatic rings. The molecule has 31 heavy (non-hydrogen) atoms. The van der Waals surface area contributed by atoms with Crippen LogP contribution in [-0.4, -0.2) is 45.6 Å². The molecule has 0 aliphatic carbocycles. The zero-order valence-electron chi connectivity index (χ0n) is 18.8. The van der Waals surface area contributed by atoms with Crippen LogP contribution in [0.1, 0.15) is 74.9 Å². The Morgan fingerprint density at radius 3 is 2.39 bits per heavy atom. The lowest BCUT2D eigenvalue weighted by atomic mass is 9.89. The second kappa shape index (κ2) is 11.2. The normalized spacial score (nSPS) is 13.9. The Hall–Kier alpha value is -2.48. The van der Waals surface area contributed by atoms with E-state index in [9.17, 15) is 20.1 Å². The summed E-state index contributed by atoms with van der Waals surface area (Å²) in [4.78, 5) is 16.2. The topological polar surface area (TPSA) is 113 Å². The zero-order valence-corrected chi connectivity index (χ0v) is 18.8. The van der Waals surface area contributed by atoms with Gasteiger partial charge >= 0.3 is 5.97 Å². The number of hydrogen-bond donors (Lipinski definition) is 3. The maximum absolute atomic E-state index is 11.3. The third-order valence-corrected chi connectivity index (χ3v) is 5.05. The first-order chi connectivity index (χ1) is 14.7. The molecule has 0 saturated heterocycles. The number of hydrogen-bond acceptors (Lipinski definition) is 7. The van der Waals surface area contributed by atoms with Gasteiger partial charge in [-0.15, -0.1) is 0 Å². The smallest absolute Gasteiger partial charge is 0.308 e. The second-order valence-corrected chi connectivity index (χ2v) is 8.19. The average molecular weight is 432 g/mol. The van der Waals surface area contributed by atoms with Gasteiger partial charge in [-0.3, -0.25) is 9.78 Å². The van der Waals surface area contributed by atoms with E-state index in [4.69, 9.17) is 9.40 Å². The summed E-state index contributed by atoms with van der Waals surface area (Å²) in [5, 5.41) is 30.6. The summed E-state index contributed by atoms with van der Waals surface area (Å²) in [6, 6.07) is 3.61. The van der Waals surface area contributed by atoms with Crippen molar-refractivity contribution in [2.45, 2.75) is 71.2 Å². The van der Waals surface area contributed by atoms with Crippen LogP contribution in [0.25, 0.3) is 17.4 Å². The van der Waals surface area contributed by atoms with Gasteiger partial charge in [0.05, 0.1) is 44.3 Å². The Kier molecular flexibility index (Phi) is 8.98. The molecule has 2 unspecified atom stereocenters. The van der Waals surface area contributed by atoms with Crippen LogP contribution in [0.5, 0.6) is 0 Å². The van der Waals surface area contributed by atoms with Gasteiger partial charge in [-0.2, -0.15) is 0 Å². The first kappa shape index (κ1) is 24.8. The van der Waals surface area contributed by atoms with E-state index in [0.717, 1.165) is 22.5 Å². The molecule has 0 aromatic carbocycles. The highest BCUT2D eigenvalue weighted by Crippen LogP contribution is 2.37. The zero-order chi connectivity index (χ0) is 23.1. The molecule has 170 valence electrons. The molecule has 2 aromatic heterocycles. The van der Waals surface area contributed by atoms with Crippen molar-refractivity contribution in [2.75, 3.05) is 7.11 Å². The van der Waals surface area contributed by atoms with E-state index in [1.807, 2.05) is 33.8 Å². The van der Waals surface area contributed by atoms with Crippen LogP contribution < -0.4 is 0 Å². The van der Waals surface area contributed by atoms with Gasteiger partial charge in [0.15, 0.2) is 0 Å². The fourth-order valence-electron chi connectivity index (χ4n) is 3.55. The fourth-order valence-corrected chi connectivity index (χ4v) is 3.55. The van der Waals surface area contributed by atoms with Gasteiger partial charge in [-0.1, -0.05) is 39.8 Å². The van der Waals surface area contributed by atoms with Crippen molar-refractivity contribution in [3.05, 3.63) is 47.0 Å². The number of furan rings is 1. The number of carbonyl (C=O) groups is 1. The molecule has 0 bridgehead atoms. The monoisotopic (exact) mass is 431 g/mol. The molecule has 2 rings (SSSR count). The lowest BCUT2D eigenvalue weighted by Crippen LogP contribution is -2.20. The SMILES string of the molecule is COC(=O)CC(O)CC(O)C=Cc1c(C(C)C)nc(C(C)C)c(CO)c1-c1ccco1. The largest absolute Gasteiger partial charge is 0.469 e. The minimum Gasteiger partial charge on any atom is -0.469 e. The van der Waals surface area contributed by atoms with E-state index in [0.29, 0.717) is 11.3 Å². The van der Waals surface area contributed by atoms with E-state index < -0.39 is 18.2 Å². The quantitative estimate of drug-likeness (QED) is 0.491. The van der Waals surface area contributed by atoms with Gasteiger partial charge in [-0.05, 0) is 24.0 Å². The maximum atomic E-state index is 11.3. The third kappa shape index (κ3) is 6.26. The molecule has 0 amide bonds. The standard InChI is InChI=1S/C24H33NO6/c1-14(2)23-18(9-8-16(27)11-17(28)12-21(29)30-5)22(20-7-6-10-31-20)19(13-26)24(25-23)15(3)4/h6-10,14-17,26-28H,11-13H2,1-5H3. The Labute approximate surface area is 183 Å². The summed E-state index contributed by atoms with van der Waals surface area (Å²) in [5.41, 5.74) is 3.82. The van der Waals surface area contributed by atoms with E-state index in [1.165, 1.54) is 7.11 Å². The number of rotatable bonds is 10. The van der Waals surface area contributed by atoms with Crippen LogP contribution in [0, 0.1) is 0 Å². The van der Waals surface area contributed by atoms with Gasteiger partial charge in [0.25, 0.3) is 0 Å². The van der Waals surface area contributed by atoms with Gasteiger partial charge in [0.2, 0.25) is 0 Å². The van der Waals surface area contributed by atoms with Crippen LogP contribution in [0.15, 0.2) is 28.9 Å². The van der Waals surface area contributed by atoms with E-state index in [2.05, 4.69) is 4.74 Å². The maximum Gasteiger partial charge on any atom is 0.308 e. The molecule has 3 N–H and O–H groups in total. The molecule has 2 aromatic rings. The molecule has 0 spiro atoms. The van der Waals surface area contributed by atoms with Crippen molar-refractivity contribution >= 4 is 12.0 Å². The van der Waals surface area contributed by atoms with Crippen molar-refractivity contribution in [1.29, 1.82) is 0 Å². The highest BCUT2D eigenvalue weighted by Gasteiger charge is 2.24. The van der Waals surface area contributed by atoms with Crippen molar-refractivity contribution in [3.8, 4) is 11.3 Å². The highest BCUT2D eigenvalue weighted by molar-refractivity contribution is 5.77. The predicted octanol–water partition coefficient (Wildman–Crippen LogP) is 3.77. The molecule has 0 radical (unpaired) electrons. The Morgan fingerprint density at radius 2 is 1.87 bits per heavy atom. The molecule has 2 heterocycles. The first-order valence-corrected chi connectivity index (χ1v) is 10.5. The number of aliphatic hydroxyl groups excluding tert-OH is 3. The molecule has 7 heteroatoms. The Balaban J connectivity index is 2.52. The minimum absolute atomic E-state index is 0.0109. The van der Waals surface area contributed by atoms with Gasteiger partial charge < -0.3 is 24.5 Å². The number of carbonyl (C=O) groups excluding carboxylic acids is 1. The summed E-state index contributed by atoms with van der Waals surface area (Å²) in [6.07, 6.45) is 2.69. The fraction of sp³-hybridized carbons (Fsp3) is 0.500. The van der Waals surface area contributed by atoms with Crippen LogP contribution in [0.3, 0.4) is 0 Å². The highest BCUT2D eigenvalue weighted by atomic mass is 16.5. The summed E-state index contributed by atoms with van der Waals surface area (Å²) >= 11 is 0. The number of aliphatic hydroxyl groups is 3. The Bertz CT molecular complexity index is 886. The number of ether oxygens (including phenoxy) is 1. The van der Waals surface area contributed by atoms with Gasteiger partial charge in [0.1, 0.15) is 5.76 Å². The van der Waals surface area contributed by atoms with Crippen LogP contribution in [0.4, 0.5) is 0 Å². The second-order valence-electron chi connectivity index (χ2n) is 8.19. The molecule has 0 aliphatic heterocycles. The van der Waals surface area contributed by atoms with Crippen LogP contribution >= 0.6 is 0 Å². The van der Waals surface area contributed by atoms with E-state index in [-0.39, 0.29) is 31.3 Å². The first-order valence-electron chi connectivity index (χ1n) is 10.5. The number of nitrogens with zero attached hydrogens (tertiary/aromatic N) is 1. The molecule has 2 atom stereocenters. The lowest BCUT2D eigenvalue weighted by molar-refractivity contribution is -0.143. The van der Waals surface area contributed by atoms with E-state index in [1.54, 1.807) is 24.5 Å². The van der Waals surface area contributed by atoms with Gasteiger partial charge in [-0.25, -0.2) is 0 Å².